The molecule has 0 heterocycles. The molecule has 0 spiro atoms. The predicted octanol–water partition coefficient (Wildman–Crippen LogP) is 2.19. The minimum atomic E-state index is -0.0486. The first kappa shape index (κ1) is 8.50. The van der Waals surface area contributed by atoms with Gasteiger partial charge in [0, 0.05) is 4.90 Å². The highest BCUT2D eigenvalue weighted by atomic mass is 32.2. The lowest BCUT2D eigenvalue weighted by atomic mass is 10.2. The topological polar surface area (TPSA) is 12.0 Å². The number of hydrogen-bond donors (Lipinski definition) is 1. The summed E-state index contributed by atoms with van der Waals surface area (Å²) in [5.74, 6) is 3.97. The Labute approximate surface area is 70.5 Å². The van der Waals surface area contributed by atoms with Gasteiger partial charge in [-0.25, -0.2) is 0 Å². The fourth-order valence-corrected chi connectivity index (χ4v) is 1.52. The zero-order chi connectivity index (χ0) is 8.27. The average molecular weight is 167 g/mol. The highest BCUT2D eigenvalue weighted by Crippen LogP contribution is 2.19. The summed E-state index contributed by atoms with van der Waals surface area (Å²) in [6, 6.07) is 8.44. The van der Waals surface area contributed by atoms with Crippen LogP contribution in [0.4, 0.5) is 0 Å². The van der Waals surface area contributed by atoms with Crippen molar-refractivity contribution < 1.29 is 0 Å². The van der Waals surface area contributed by atoms with Crippen LogP contribution < -0.4 is 4.72 Å². The Hall–Kier alpha value is -0.600. The summed E-state index contributed by atoms with van der Waals surface area (Å²) in [5.41, 5.74) is 1.29. The van der Waals surface area contributed by atoms with Gasteiger partial charge in [-0.1, -0.05) is 34.2 Å². The van der Waals surface area contributed by atoms with E-state index in [1.807, 2.05) is 7.05 Å². The monoisotopic (exact) mass is 167 g/mol. The van der Waals surface area contributed by atoms with Gasteiger partial charge < -0.3 is 0 Å². The molecular weight excluding hydrogens is 154 g/mol. The first-order chi connectivity index (χ1) is 5.24. The van der Waals surface area contributed by atoms with Crippen LogP contribution in [0.2, 0.25) is 0 Å². The molecule has 2 heteroatoms. The summed E-state index contributed by atoms with van der Waals surface area (Å²) >= 11 is 0. The van der Waals surface area contributed by atoms with Gasteiger partial charge in [-0.05, 0) is 26.1 Å². The van der Waals surface area contributed by atoms with Crippen molar-refractivity contribution in [1.82, 2.24) is 4.72 Å². The highest BCUT2D eigenvalue weighted by Gasteiger charge is 1.91. The molecule has 11 heavy (non-hydrogen) atoms. The summed E-state index contributed by atoms with van der Waals surface area (Å²) in [5, 5.41) is 0. The third kappa shape index (κ3) is 2.17. The Kier molecular flexibility index (Phi) is 2.85. The van der Waals surface area contributed by atoms with E-state index in [4.69, 9.17) is 0 Å². The van der Waals surface area contributed by atoms with Gasteiger partial charge in [0.15, 0.2) is 0 Å². The van der Waals surface area contributed by atoms with Crippen molar-refractivity contribution in [1.29, 1.82) is 0 Å². The van der Waals surface area contributed by atoms with Gasteiger partial charge in [0.1, 0.15) is 0 Å². The van der Waals surface area contributed by atoms with Crippen LogP contribution in [0.25, 0.3) is 0 Å². The molecule has 60 valence electrons. The van der Waals surface area contributed by atoms with E-state index in [9.17, 15) is 0 Å². The Balaban J connectivity index is 2.90. The Bertz CT molecular complexity index is 251. The fraction of sp³-hybridized carbons (Fsp3) is 0.222. The largest absolute Gasteiger partial charge is 0.269 e. The highest BCUT2D eigenvalue weighted by molar-refractivity contribution is 8.12. The van der Waals surface area contributed by atoms with Crippen LogP contribution in [0.1, 0.15) is 5.56 Å². The van der Waals surface area contributed by atoms with Gasteiger partial charge in [-0.2, -0.15) is 0 Å². The first-order valence-electron chi connectivity index (χ1n) is 3.52. The van der Waals surface area contributed by atoms with Crippen molar-refractivity contribution in [2.75, 3.05) is 7.05 Å². The molecule has 1 nitrogen and oxygen atoms in total. The minimum absolute atomic E-state index is 0.0486. The molecule has 0 amide bonds. The smallest absolute Gasteiger partial charge is 0.0152 e. The lowest BCUT2D eigenvalue weighted by molar-refractivity contribution is 1.27. The quantitative estimate of drug-likeness (QED) is 0.666. The van der Waals surface area contributed by atoms with Gasteiger partial charge in [0.25, 0.3) is 0 Å². The second-order valence-electron chi connectivity index (χ2n) is 2.41. The molecule has 0 aliphatic heterocycles. The van der Waals surface area contributed by atoms with Crippen LogP contribution in [0, 0.1) is 6.92 Å². The number of nitrogens with one attached hydrogen (secondary N) is 1. The maximum atomic E-state index is 3.97. The molecule has 1 aromatic rings. The maximum Gasteiger partial charge on any atom is 0.0152 e. The second kappa shape index (κ2) is 3.69. The molecule has 0 aliphatic carbocycles. The van der Waals surface area contributed by atoms with Crippen molar-refractivity contribution in [2.45, 2.75) is 11.8 Å². The van der Waals surface area contributed by atoms with E-state index in [1.165, 1.54) is 10.5 Å². The van der Waals surface area contributed by atoms with E-state index in [0.717, 1.165) is 0 Å². The number of hydrogen-bond acceptors (Lipinski definition) is 1. The maximum absolute atomic E-state index is 3.97. The molecule has 1 N–H and O–H groups in total. The van der Waals surface area contributed by atoms with Crippen LogP contribution in [-0.2, 0) is 0 Å². The molecule has 1 aromatic carbocycles. The molecule has 0 aromatic heterocycles. The van der Waals surface area contributed by atoms with E-state index in [2.05, 4.69) is 41.8 Å². The van der Waals surface area contributed by atoms with Crippen molar-refractivity contribution >= 4 is 16.5 Å². The molecule has 1 atom stereocenters. The summed E-state index contributed by atoms with van der Waals surface area (Å²) in [6.07, 6.45) is 0. The van der Waals surface area contributed by atoms with Gasteiger partial charge >= 0.3 is 0 Å². The number of aryl methyl sites for hydroxylation is 1. The van der Waals surface area contributed by atoms with E-state index in [-0.39, 0.29) is 10.7 Å². The molecule has 1 rings (SSSR count). The number of benzene rings is 1. The Morgan fingerprint density at radius 2 is 1.82 bits per heavy atom. The van der Waals surface area contributed by atoms with Crippen LogP contribution >= 0.6 is 10.7 Å². The van der Waals surface area contributed by atoms with Gasteiger partial charge in [-0.15, -0.1) is 0 Å². The molecule has 0 saturated carbocycles. The predicted molar refractivity (Wildman–Crippen MR) is 53.2 cm³/mol. The van der Waals surface area contributed by atoms with E-state index >= 15 is 0 Å². The molecular formula is C9H13NS. The molecule has 0 saturated heterocycles. The van der Waals surface area contributed by atoms with Crippen LogP contribution in [0.15, 0.2) is 29.2 Å². The van der Waals surface area contributed by atoms with Gasteiger partial charge in [-0.3, -0.25) is 4.72 Å². The van der Waals surface area contributed by atoms with Gasteiger partial charge in [0.2, 0.25) is 0 Å². The van der Waals surface area contributed by atoms with Crippen LogP contribution in [0.5, 0.6) is 0 Å². The SMILES string of the molecule is C=S(NC)c1ccc(C)cc1. The first-order valence-corrected chi connectivity index (χ1v) is 4.91. The van der Waals surface area contributed by atoms with E-state index in [0.29, 0.717) is 0 Å². The van der Waals surface area contributed by atoms with Crippen LogP contribution in [0.3, 0.4) is 0 Å². The number of rotatable bonds is 2. The lowest BCUT2D eigenvalue weighted by Gasteiger charge is -2.04. The summed E-state index contributed by atoms with van der Waals surface area (Å²) < 4.78 is 3.12. The zero-order valence-corrected chi connectivity index (χ0v) is 7.74. The van der Waals surface area contributed by atoms with E-state index < -0.39 is 0 Å². The zero-order valence-electron chi connectivity index (χ0n) is 6.92. The molecule has 0 radical (unpaired) electrons. The van der Waals surface area contributed by atoms with Crippen molar-refractivity contribution in [3.05, 3.63) is 29.8 Å². The molecule has 0 bridgehead atoms. The molecule has 0 aliphatic rings. The summed E-state index contributed by atoms with van der Waals surface area (Å²) in [6.45, 7) is 2.09. The van der Waals surface area contributed by atoms with E-state index in [1.54, 1.807) is 0 Å². The lowest BCUT2D eigenvalue weighted by Crippen LogP contribution is -1.94. The minimum Gasteiger partial charge on any atom is -0.269 e. The second-order valence-corrected chi connectivity index (χ2v) is 4.07. The van der Waals surface area contributed by atoms with Crippen LogP contribution in [-0.4, -0.2) is 12.9 Å². The Morgan fingerprint density at radius 1 is 1.27 bits per heavy atom. The Morgan fingerprint density at radius 3 is 2.27 bits per heavy atom. The summed E-state index contributed by atoms with van der Waals surface area (Å²) in [4.78, 5) is 1.26. The third-order valence-corrected chi connectivity index (χ3v) is 2.89. The van der Waals surface area contributed by atoms with Gasteiger partial charge in [0.05, 0.1) is 0 Å². The molecule has 0 fully saturated rings. The fourth-order valence-electron chi connectivity index (χ4n) is 0.820. The summed E-state index contributed by atoms with van der Waals surface area (Å²) in [7, 11) is 1.88. The average Bonchev–Trinajstić information content (AvgIpc) is 2.05. The third-order valence-electron chi connectivity index (χ3n) is 1.55. The van der Waals surface area contributed by atoms with Crippen molar-refractivity contribution in [3.63, 3.8) is 0 Å². The van der Waals surface area contributed by atoms with Crippen molar-refractivity contribution in [3.8, 4) is 0 Å². The molecule has 1 unspecified atom stereocenters. The van der Waals surface area contributed by atoms with Crippen molar-refractivity contribution in [2.24, 2.45) is 0 Å². The normalized spacial score (nSPS) is 12.9. The standard InChI is InChI=1S/C9H13NS/c1-8-4-6-9(7-5-8)11(3)10-2/h4-7,10H,3H2,1-2H3.